The van der Waals surface area contributed by atoms with Crippen LogP contribution >= 0.6 is 0 Å². The molecule has 0 aliphatic heterocycles. The van der Waals surface area contributed by atoms with Crippen molar-refractivity contribution in [3.63, 3.8) is 0 Å². The van der Waals surface area contributed by atoms with Crippen LogP contribution in [0.15, 0.2) is 54.7 Å². The highest BCUT2D eigenvalue weighted by Crippen LogP contribution is 2.37. The number of rotatable bonds is 14. The molecule has 194 valence electrons. The smallest absolute Gasteiger partial charge is 0.421 e. The van der Waals surface area contributed by atoms with Crippen molar-refractivity contribution in [1.29, 1.82) is 0 Å². The van der Waals surface area contributed by atoms with Crippen LogP contribution in [0.3, 0.4) is 0 Å². The summed E-state index contributed by atoms with van der Waals surface area (Å²) >= 11 is 0. The second kappa shape index (κ2) is 13.7. The second-order valence-corrected chi connectivity index (χ2v) is 8.76. The van der Waals surface area contributed by atoms with Gasteiger partial charge in [-0.3, -0.25) is 0 Å². The van der Waals surface area contributed by atoms with Crippen molar-refractivity contribution in [3.05, 3.63) is 65.9 Å². The van der Waals surface area contributed by atoms with Crippen molar-refractivity contribution in [1.82, 2.24) is 9.97 Å². The molecular formula is C28H35F3N4O. The summed E-state index contributed by atoms with van der Waals surface area (Å²) in [5.74, 6) is 0.217. The molecular weight excluding hydrogens is 465 g/mol. The van der Waals surface area contributed by atoms with E-state index in [-0.39, 0.29) is 11.8 Å². The van der Waals surface area contributed by atoms with E-state index < -0.39 is 11.7 Å². The predicted octanol–water partition coefficient (Wildman–Crippen LogP) is 8.67. The number of hydrogen-bond acceptors (Lipinski definition) is 5. The molecule has 0 aliphatic carbocycles. The first-order valence-electron chi connectivity index (χ1n) is 12.7. The van der Waals surface area contributed by atoms with Gasteiger partial charge in [0.2, 0.25) is 5.95 Å². The summed E-state index contributed by atoms with van der Waals surface area (Å²) in [6.45, 7) is 4.79. The van der Waals surface area contributed by atoms with Gasteiger partial charge in [0, 0.05) is 11.9 Å². The number of nitrogens with zero attached hydrogens (tertiary/aromatic N) is 2. The van der Waals surface area contributed by atoms with Crippen molar-refractivity contribution in [2.45, 2.75) is 71.4 Å². The molecule has 0 fully saturated rings. The van der Waals surface area contributed by atoms with E-state index in [0.29, 0.717) is 23.7 Å². The maximum absolute atomic E-state index is 13.7. The Morgan fingerprint density at radius 2 is 1.56 bits per heavy atom. The lowest BCUT2D eigenvalue weighted by Crippen LogP contribution is -2.13. The number of ether oxygens (including phenoxy) is 1. The number of aromatic nitrogens is 2. The quantitative estimate of drug-likeness (QED) is 0.217. The third kappa shape index (κ3) is 8.43. The van der Waals surface area contributed by atoms with Gasteiger partial charge in [-0.1, -0.05) is 70.2 Å². The number of hydrogen-bond donors (Lipinski definition) is 2. The van der Waals surface area contributed by atoms with Crippen LogP contribution < -0.4 is 15.4 Å². The molecule has 0 saturated heterocycles. The number of para-hydroxylation sites is 2. The van der Waals surface area contributed by atoms with Crippen molar-refractivity contribution < 1.29 is 17.9 Å². The van der Waals surface area contributed by atoms with E-state index >= 15 is 0 Å². The molecule has 3 aromatic rings. The van der Waals surface area contributed by atoms with Crippen LogP contribution in [0.4, 0.5) is 36.3 Å². The number of aryl methyl sites for hydroxylation is 1. The zero-order valence-electron chi connectivity index (χ0n) is 21.0. The molecule has 0 bridgehead atoms. The molecule has 0 aliphatic rings. The highest BCUT2D eigenvalue weighted by Gasteiger charge is 2.35. The highest BCUT2D eigenvalue weighted by atomic mass is 19.4. The molecule has 2 aromatic carbocycles. The molecule has 0 spiro atoms. The zero-order valence-corrected chi connectivity index (χ0v) is 21.0. The van der Waals surface area contributed by atoms with Crippen LogP contribution in [-0.4, -0.2) is 16.6 Å². The number of halogens is 3. The Hall–Kier alpha value is -3.29. The molecule has 36 heavy (non-hydrogen) atoms. The minimum Gasteiger partial charge on any atom is -0.491 e. The molecule has 0 saturated carbocycles. The Labute approximate surface area is 211 Å². The van der Waals surface area contributed by atoms with Gasteiger partial charge in [-0.25, -0.2) is 4.98 Å². The Kier molecular flexibility index (Phi) is 10.4. The van der Waals surface area contributed by atoms with E-state index in [0.717, 1.165) is 51.1 Å². The average Bonchev–Trinajstić information content (AvgIpc) is 2.85. The Balaban J connectivity index is 1.76. The monoisotopic (exact) mass is 500 g/mol. The average molecular weight is 501 g/mol. The number of nitrogens with one attached hydrogen (secondary N) is 2. The van der Waals surface area contributed by atoms with E-state index in [2.05, 4.69) is 34.4 Å². The van der Waals surface area contributed by atoms with E-state index in [9.17, 15) is 13.2 Å². The van der Waals surface area contributed by atoms with Crippen molar-refractivity contribution in [3.8, 4) is 5.75 Å². The Morgan fingerprint density at radius 3 is 2.28 bits per heavy atom. The molecule has 1 heterocycles. The van der Waals surface area contributed by atoms with E-state index in [1.165, 1.54) is 12.0 Å². The Morgan fingerprint density at radius 1 is 0.833 bits per heavy atom. The van der Waals surface area contributed by atoms with Crippen molar-refractivity contribution in [2.24, 2.45) is 0 Å². The summed E-state index contributed by atoms with van der Waals surface area (Å²) in [5.41, 5.74) is 1.39. The summed E-state index contributed by atoms with van der Waals surface area (Å²) in [5, 5.41) is 5.84. The lowest BCUT2D eigenvalue weighted by atomic mass is 10.1. The van der Waals surface area contributed by atoms with Gasteiger partial charge in [0.15, 0.2) is 0 Å². The molecule has 1 aromatic heterocycles. The normalized spacial score (nSPS) is 11.4. The summed E-state index contributed by atoms with van der Waals surface area (Å²) < 4.78 is 47.0. The van der Waals surface area contributed by atoms with Crippen molar-refractivity contribution >= 4 is 23.1 Å². The molecule has 0 radical (unpaired) electrons. The molecule has 3 rings (SSSR count). The molecule has 8 heteroatoms. The number of alkyl halides is 3. The minimum atomic E-state index is -4.61. The fourth-order valence-electron chi connectivity index (χ4n) is 3.74. The van der Waals surface area contributed by atoms with Gasteiger partial charge >= 0.3 is 6.18 Å². The third-order valence-corrected chi connectivity index (χ3v) is 5.77. The topological polar surface area (TPSA) is 59.1 Å². The van der Waals surface area contributed by atoms with Crippen LogP contribution in [0.5, 0.6) is 5.75 Å². The van der Waals surface area contributed by atoms with Gasteiger partial charge < -0.3 is 15.4 Å². The standard InChI is InChI=1S/C28H35F3N4O/c1-3-5-7-11-19-36-25-14-10-9-13-24(25)34-26-23(28(29,30)31)20-32-27(35-26)33-22-17-15-21(16-18-22)12-8-6-4-2/h9-10,13-18,20H,3-8,11-12,19H2,1-2H3,(H2,32,33,34,35). The van der Waals surface area contributed by atoms with Gasteiger partial charge in [0.25, 0.3) is 0 Å². The first-order chi connectivity index (χ1) is 17.4. The highest BCUT2D eigenvalue weighted by molar-refractivity contribution is 5.67. The lowest BCUT2D eigenvalue weighted by Gasteiger charge is -2.17. The zero-order chi connectivity index (χ0) is 25.8. The van der Waals surface area contributed by atoms with Crippen LogP contribution in [0.2, 0.25) is 0 Å². The first kappa shape index (κ1) is 27.3. The van der Waals surface area contributed by atoms with Crippen LogP contribution in [-0.2, 0) is 12.6 Å². The maximum atomic E-state index is 13.7. The molecule has 2 N–H and O–H groups in total. The van der Waals surface area contributed by atoms with Crippen LogP contribution in [0.1, 0.15) is 69.9 Å². The van der Waals surface area contributed by atoms with Gasteiger partial charge in [-0.05, 0) is 49.1 Å². The summed E-state index contributed by atoms with van der Waals surface area (Å²) in [7, 11) is 0. The van der Waals surface area contributed by atoms with Crippen LogP contribution in [0.25, 0.3) is 0 Å². The second-order valence-electron chi connectivity index (χ2n) is 8.76. The van der Waals surface area contributed by atoms with Gasteiger partial charge in [0.1, 0.15) is 17.1 Å². The van der Waals surface area contributed by atoms with Crippen LogP contribution in [0, 0.1) is 0 Å². The number of benzene rings is 2. The first-order valence-corrected chi connectivity index (χ1v) is 12.7. The van der Waals surface area contributed by atoms with E-state index in [1.807, 2.05) is 24.3 Å². The van der Waals surface area contributed by atoms with Gasteiger partial charge in [-0.15, -0.1) is 0 Å². The summed E-state index contributed by atoms with van der Waals surface area (Å²) in [6, 6.07) is 14.7. The van der Waals surface area contributed by atoms with Gasteiger partial charge in [-0.2, -0.15) is 18.2 Å². The Bertz CT molecular complexity index is 1070. The largest absolute Gasteiger partial charge is 0.491 e. The SMILES string of the molecule is CCCCCCOc1ccccc1Nc1nc(Nc2ccc(CCCCC)cc2)ncc1C(F)(F)F. The fourth-order valence-corrected chi connectivity index (χ4v) is 3.74. The van der Waals surface area contributed by atoms with E-state index in [1.54, 1.807) is 24.3 Å². The molecule has 0 atom stereocenters. The fraction of sp³-hybridized carbons (Fsp3) is 0.429. The van der Waals surface area contributed by atoms with E-state index in [4.69, 9.17) is 4.74 Å². The molecule has 0 unspecified atom stereocenters. The van der Waals surface area contributed by atoms with Gasteiger partial charge in [0.05, 0.1) is 12.3 Å². The number of unbranched alkanes of at least 4 members (excludes halogenated alkanes) is 5. The number of anilines is 4. The predicted molar refractivity (Wildman–Crippen MR) is 139 cm³/mol. The minimum absolute atomic E-state index is 0.0715. The summed E-state index contributed by atoms with van der Waals surface area (Å²) in [4.78, 5) is 8.08. The third-order valence-electron chi connectivity index (χ3n) is 5.77. The lowest BCUT2D eigenvalue weighted by molar-refractivity contribution is -0.137. The summed E-state index contributed by atoms with van der Waals surface area (Å²) in [6.07, 6.45) is 4.83. The maximum Gasteiger partial charge on any atom is 0.421 e. The molecule has 5 nitrogen and oxygen atoms in total. The molecule has 0 amide bonds. The van der Waals surface area contributed by atoms with Crippen molar-refractivity contribution in [2.75, 3.05) is 17.2 Å².